The van der Waals surface area contributed by atoms with Gasteiger partial charge in [0.2, 0.25) is 5.91 Å². The van der Waals surface area contributed by atoms with Crippen molar-refractivity contribution >= 4 is 16.8 Å². The zero-order valence-corrected chi connectivity index (χ0v) is 18.4. The molecule has 2 aromatic carbocycles. The molecule has 5 aromatic rings. The Morgan fingerprint density at radius 1 is 1.09 bits per heavy atom. The van der Waals surface area contributed by atoms with Crippen molar-refractivity contribution in [3.05, 3.63) is 96.7 Å². The molecule has 3 heterocycles. The Morgan fingerprint density at radius 2 is 1.97 bits per heavy atom. The van der Waals surface area contributed by atoms with Crippen LogP contribution in [0.5, 0.6) is 5.75 Å². The molecule has 0 aliphatic heterocycles. The summed E-state index contributed by atoms with van der Waals surface area (Å²) in [5, 5.41) is 1.17. The van der Waals surface area contributed by atoms with Crippen LogP contribution >= 0.6 is 0 Å². The number of amides is 1. The fourth-order valence-electron chi connectivity index (χ4n) is 4.06. The number of fused-ring (bicyclic) bond motifs is 1. The lowest BCUT2D eigenvalue weighted by Crippen LogP contribution is -2.30. The van der Waals surface area contributed by atoms with Crippen molar-refractivity contribution in [3.8, 4) is 28.1 Å². The predicted molar refractivity (Wildman–Crippen MR) is 131 cm³/mol. The highest BCUT2D eigenvalue weighted by molar-refractivity contribution is 5.95. The number of rotatable bonds is 8. The van der Waals surface area contributed by atoms with Gasteiger partial charge < -0.3 is 25.6 Å². The summed E-state index contributed by atoms with van der Waals surface area (Å²) in [7, 11) is 0. The third-order valence-corrected chi connectivity index (χ3v) is 5.74. The summed E-state index contributed by atoms with van der Waals surface area (Å²) >= 11 is 0. The van der Waals surface area contributed by atoms with E-state index in [1.54, 1.807) is 36.9 Å². The summed E-state index contributed by atoms with van der Waals surface area (Å²) in [6, 6.07) is 18.8. The van der Waals surface area contributed by atoms with E-state index in [1.807, 2.05) is 42.6 Å². The number of hydrogen-bond donors (Lipinski definition) is 3. The predicted octanol–water partition coefficient (Wildman–Crippen LogP) is 4.54. The summed E-state index contributed by atoms with van der Waals surface area (Å²) in [5.41, 5.74) is 17.7. The number of primary amides is 1. The molecule has 0 fully saturated rings. The van der Waals surface area contributed by atoms with Crippen molar-refractivity contribution < 1.29 is 13.9 Å². The molecule has 3 aromatic heterocycles. The average Bonchev–Trinajstić information content (AvgIpc) is 3.53. The van der Waals surface area contributed by atoms with Gasteiger partial charge in [-0.3, -0.25) is 9.78 Å². The van der Waals surface area contributed by atoms with E-state index in [-0.39, 0.29) is 6.04 Å². The molecular weight excluding hydrogens is 428 g/mol. The standard InChI is InChI=1S/C27H24N4O3/c28-21(11-20-13-30-25-7-2-1-6-23(20)25)16-34-22-12-24(17-4-3-5-18(10-17)27(29)32)26(31-14-22)19-8-9-33-15-19/h1-10,12-15,21,30H,11,16,28H2,(H2,29,32)/t21-/m0/s1. The second-order valence-electron chi connectivity index (χ2n) is 8.16. The highest BCUT2D eigenvalue weighted by atomic mass is 16.5. The Kier molecular flexibility index (Phi) is 5.84. The van der Waals surface area contributed by atoms with Crippen molar-refractivity contribution in [2.24, 2.45) is 11.5 Å². The van der Waals surface area contributed by atoms with Crippen molar-refractivity contribution in [2.45, 2.75) is 12.5 Å². The first-order valence-electron chi connectivity index (χ1n) is 10.9. The van der Waals surface area contributed by atoms with Crippen LogP contribution in [-0.4, -0.2) is 28.5 Å². The molecule has 170 valence electrons. The average molecular weight is 453 g/mol. The van der Waals surface area contributed by atoms with Crippen LogP contribution in [0.4, 0.5) is 0 Å². The van der Waals surface area contributed by atoms with Gasteiger partial charge >= 0.3 is 0 Å². The lowest BCUT2D eigenvalue weighted by Gasteiger charge is -2.15. The SMILES string of the molecule is NC(=O)c1cccc(-c2cc(OC[C@@H](N)Cc3c[nH]c4ccccc34)cnc2-c2ccoc2)c1. The number of para-hydroxylation sites is 1. The topological polar surface area (TPSA) is 120 Å². The first-order chi connectivity index (χ1) is 16.6. The van der Waals surface area contributed by atoms with Gasteiger partial charge in [-0.25, -0.2) is 0 Å². The lowest BCUT2D eigenvalue weighted by atomic mass is 9.99. The van der Waals surface area contributed by atoms with Gasteiger partial charge in [0.15, 0.2) is 0 Å². The normalized spacial score (nSPS) is 12.0. The van der Waals surface area contributed by atoms with Gasteiger partial charge in [0.1, 0.15) is 12.4 Å². The van der Waals surface area contributed by atoms with E-state index in [9.17, 15) is 4.79 Å². The maximum absolute atomic E-state index is 11.7. The lowest BCUT2D eigenvalue weighted by molar-refractivity contribution is 0.100. The number of H-pyrrole nitrogens is 1. The van der Waals surface area contributed by atoms with Crippen LogP contribution in [0.3, 0.4) is 0 Å². The number of pyridine rings is 1. The molecule has 7 heteroatoms. The largest absolute Gasteiger partial charge is 0.490 e. The van der Waals surface area contributed by atoms with Gasteiger partial charge in [-0.15, -0.1) is 0 Å². The second kappa shape index (κ2) is 9.25. The van der Waals surface area contributed by atoms with E-state index in [2.05, 4.69) is 16.0 Å². The van der Waals surface area contributed by atoms with Crippen LogP contribution in [0.2, 0.25) is 0 Å². The number of benzene rings is 2. The van der Waals surface area contributed by atoms with Gasteiger partial charge in [0.05, 0.1) is 24.4 Å². The van der Waals surface area contributed by atoms with E-state index < -0.39 is 5.91 Å². The third-order valence-electron chi connectivity index (χ3n) is 5.74. The molecule has 0 unspecified atom stereocenters. The van der Waals surface area contributed by atoms with Crippen LogP contribution in [-0.2, 0) is 6.42 Å². The molecule has 0 radical (unpaired) electrons. The zero-order chi connectivity index (χ0) is 23.5. The number of nitrogens with one attached hydrogen (secondary N) is 1. The highest BCUT2D eigenvalue weighted by Crippen LogP contribution is 2.34. The number of ether oxygens (including phenoxy) is 1. The first kappa shape index (κ1) is 21.5. The molecule has 1 amide bonds. The van der Waals surface area contributed by atoms with Gasteiger partial charge in [-0.1, -0.05) is 30.3 Å². The molecule has 0 saturated heterocycles. The van der Waals surface area contributed by atoms with E-state index in [1.165, 1.54) is 5.39 Å². The minimum Gasteiger partial charge on any atom is -0.490 e. The summed E-state index contributed by atoms with van der Waals surface area (Å²) in [6.45, 7) is 0.326. The third kappa shape index (κ3) is 4.42. The Bertz CT molecular complexity index is 1440. The van der Waals surface area contributed by atoms with Gasteiger partial charge in [-0.05, 0) is 47.9 Å². The fourth-order valence-corrected chi connectivity index (χ4v) is 4.06. The van der Waals surface area contributed by atoms with Crippen LogP contribution in [0.1, 0.15) is 15.9 Å². The number of nitrogens with zero attached hydrogens (tertiary/aromatic N) is 1. The van der Waals surface area contributed by atoms with Crippen LogP contribution in [0, 0.1) is 0 Å². The Balaban J connectivity index is 1.38. The summed E-state index contributed by atoms with van der Waals surface area (Å²) in [4.78, 5) is 19.6. The number of furan rings is 1. The number of hydrogen-bond acceptors (Lipinski definition) is 5. The highest BCUT2D eigenvalue weighted by Gasteiger charge is 2.15. The maximum Gasteiger partial charge on any atom is 0.248 e. The van der Waals surface area contributed by atoms with E-state index >= 15 is 0 Å². The quantitative estimate of drug-likeness (QED) is 0.319. The molecule has 0 aliphatic carbocycles. The Hall–Kier alpha value is -4.36. The van der Waals surface area contributed by atoms with E-state index in [0.29, 0.717) is 30.0 Å². The minimum absolute atomic E-state index is 0.200. The number of aromatic nitrogens is 2. The molecular formula is C27H24N4O3. The summed E-state index contributed by atoms with van der Waals surface area (Å²) in [5.74, 6) is 0.0939. The van der Waals surface area contributed by atoms with Crippen molar-refractivity contribution in [2.75, 3.05) is 6.61 Å². The van der Waals surface area contributed by atoms with Crippen molar-refractivity contribution in [1.29, 1.82) is 0 Å². The molecule has 5 N–H and O–H groups in total. The van der Waals surface area contributed by atoms with Crippen LogP contribution in [0.25, 0.3) is 33.3 Å². The monoisotopic (exact) mass is 452 g/mol. The van der Waals surface area contributed by atoms with Gasteiger partial charge in [0, 0.05) is 39.8 Å². The van der Waals surface area contributed by atoms with Crippen LogP contribution < -0.4 is 16.2 Å². The molecule has 1 atom stereocenters. The molecule has 34 heavy (non-hydrogen) atoms. The Labute approximate surface area is 196 Å². The molecule has 0 spiro atoms. The molecule has 7 nitrogen and oxygen atoms in total. The Morgan fingerprint density at radius 3 is 2.79 bits per heavy atom. The minimum atomic E-state index is -0.490. The zero-order valence-electron chi connectivity index (χ0n) is 18.4. The van der Waals surface area contributed by atoms with Crippen molar-refractivity contribution in [1.82, 2.24) is 9.97 Å². The second-order valence-corrected chi connectivity index (χ2v) is 8.16. The number of nitrogens with two attached hydrogens (primary N) is 2. The summed E-state index contributed by atoms with van der Waals surface area (Å²) < 4.78 is 11.3. The molecule has 0 bridgehead atoms. The first-order valence-corrected chi connectivity index (χ1v) is 10.9. The van der Waals surface area contributed by atoms with Gasteiger partial charge in [-0.2, -0.15) is 0 Å². The van der Waals surface area contributed by atoms with E-state index in [0.717, 1.165) is 27.8 Å². The van der Waals surface area contributed by atoms with Crippen LogP contribution in [0.15, 0.2) is 90.0 Å². The number of carbonyl (C=O) groups excluding carboxylic acids is 1. The molecule has 5 rings (SSSR count). The molecule has 0 aliphatic rings. The van der Waals surface area contributed by atoms with Gasteiger partial charge in [0.25, 0.3) is 0 Å². The number of aromatic amines is 1. The van der Waals surface area contributed by atoms with Crippen molar-refractivity contribution in [3.63, 3.8) is 0 Å². The molecule has 0 saturated carbocycles. The maximum atomic E-state index is 11.7. The summed E-state index contributed by atoms with van der Waals surface area (Å²) in [6.07, 6.45) is 7.56. The number of carbonyl (C=O) groups is 1. The fraction of sp³-hybridized carbons (Fsp3) is 0.111. The smallest absolute Gasteiger partial charge is 0.248 e. The van der Waals surface area contributed by atoms with E-state index in [4.69, 9.17) is 20.6 Å².